The molecule has 160 valence electrons. The first-order valence-electron chi connectivity index (χ1n) is 10.6. The van der Waals surface area contributed by atoms with E-state index in [9.17, 15) is 5.11 Å². The molecule has 6 nitrogen and oxygen atoms in total. The Morgan fingerprint density at radius 3 is 2.77 bits per heavy atom. The Morgan fingerprint density at radius 1 is 1.23 bits per heavy atom. The minimum atomic E-state index is -1.26. The lowest BCUT2D eigenvalue weighted by Gasteiger charge is -2.36. The van der Waals surface area contributed by atoms with Crippen LogP contribution in [-0.4, -0.2) is 50.7 Å². The number of nitrogens with one attached hydrogen (secondary N) is 1. The zero-order chi connectivity index (χ0) is 21.6. The standard InChI is InChI=1S/C24H26ClN5O/c1-24(31,21-14-27-15-29(21)2)20-13-16-12-17(25)5-6-18(16)23(30-10-8-26-9-11-30)22-19(20)4-3-7-28-22/h3-7,12-15,23,26,31H,8-11H2,1-2H3/t23-,24?/m1/s1. The molecule has 0 radical (unpaired) electrons. The molecule has 2 aromatic heterocycles. The summed E-state index contributed by atoms with van der Waals surface area (Å²) in [7, 11) is 1.90. The van der Waals surface area contributed by atoms with Crippen LogP contribution in [0.15, 0.2) is 49.1 Å². The number of hydrogen-bond donors (Lipinski definition) is 2. The summed E-state index contributed by atoms with van der Waals surface area (Å²) in [6.45, 7) is 5.55. The van der Waals surface area contributed by atoms with Crippen molar-refractivity contribution in [3.05, 3.63) is 82.2 Å². The van der Waals surface area contributed by atoms with Gasteiger partial charge in [-0.1, -0.05) is 23.7 Å². The number of piperazine rings is 1. The largest absolute Gasteiger partial charge is 0.379 e. The Hall–Kier alpha value is -2.51. The normalized spacial score (nSPS) is 20.9. The van der Waals surface area contributed by atoms with Crippen molar-refractivity contribution in [1.29, 1.82) is 0 Å². The number of nitrogens with zero attached hydrogens (tertiary/aromatic N) is 4. The molecule has 1 aromatic carbocycles. The van der Waals surface area contributed by atoms with Gasteiger partial charge in [0, 0.05) is 50.0 Å². The number of aryl methyl sites for hydroxylation is 1. The second kappa shape index (κ2) is 7.88. The maximum absolute atomic E-state index is 11.8. The number of aromatic nitrogens is 3. The minimum absolute atomic E-state index is 0.0124. The van der Waals surface area contributed by atoms with Gasteiger partial charge in [-0.2, -0.15) is 0 Å². The highest BCUT2D eigenvalue weighted by molar-refractivity contribution is 6.30. The lowest BCUT2D eigenvalue weighted by atomic mass is 9.85. The van der Waals surface area contributed by atoms with E-state index in [0.29, 0.717) is 5.02 Å². The lowest BCUT2D eigenvalue weighted by molar-refractivity contribution is 0.114. The van der Waals surface area contributed by atoms with Gasteiger partial charge in [0.15, 0.2) is 0 Å². The molecule has 0 saturated carbocycles. The number of aliphatic hydroxyl groups is 1. The Bertz CT molecular complexity index is 1150. The quantitative estimate of drug-likeness (QED) is 0.661. The summed E-state index contributed by atoms with van der Waals surface area (Å²) in [5.41, 5.74) is 4.32. The number of imidazole rings is 1. The number of pyridine rings is 1. The Kier molecular flexibility index (Phi) is 5.18. The van der Waals surface area contributed by atoms with Gasteiger partial charge >= 0.3 is 0 Å². The minimum Gasteiger partial charge on any atom is -0.379 e. The van der Waals surface area contributed by atoms with Crippen LogP contribution in [-0.2, 0) is 12.6 Å². The van der Waals surface area contributed by atoms with Crippen LogP contribution in [0.1, 0.15) is 41.0 Å². The Morgan fingerprint density at radius 2 is 2.03 bits per heavy atom. The van der Waals surface area contributed by atoms with Gasteiger partial charge in [-0.15, -0.1) is 0 Å². The third-order valence-corrected chi connectivity index (χ3v) is 6.62. The smallest absolute Gasteiger partial charge is 0.129 e. The fraction of sp³-hybridized carbons (Fsp3) is 0.333. The highest BCUT2D eigenvalue weighted by atomic mass is 35.5. The van der Waals surface area contributed by atoms with Crippen molar-refractivity contribution in [2.24, 2.45) is 7.05 Å². The van der Waals surface area contributed by atoms with Crippen molar-refractivity contribution in [3.8, 4) is 0 Å². The topological polar surface area (TPSA) is 66.2 Å². The van der Waals surface area contributed by atoms with Crippen LogP contribution in [0.5, 0.6) is 0 Å². The summed E-state index contributed by atoms with van der Waals surface area (Å²) >= 11 is 6.42. The fourth-order valence-electron chi connectivity index (χ4n) is 4.84. The zero-order valence-electron chi connectivity index (χ0n) is 17.7. The summed E-state index contributed by atoms with van der Waals surface area (Å²) in [4.78, 5) is 11.6. The zero-order valence-corrected chi connectivity index (χ0v) is 18.5. The second-order valence-corrected chi connectivity index (χ2v) is 8.85. The number of rotatable bonds is 3. The van der Waals surface area contributed by atoms with Crippen LogP contribution in [0, 0.1) is 0 Å². The van der Waals surface area contributed by atoms with E-state index in [1.165, 1.54) is 0 Å². The van der Waals surface area contributed by atoms with Gasteiger partial charge < -0.3 is 15.0 Å². The van der Waals surface area contributed by atoms with Crippen LogP contribution in [0.4, 0.5) is 0 Å². The molecule has 0 bridgehead atoms. The van der Waals surface area contributed by atoms with E-state index >= 15 is 0 Å². The number of benzene rings is 1. The van der Waals surface area contributed by atoms with Gasteiger partial charge in [0.05, 0.1) is 30.0 Å². The van der Waals surface area contributed by atoms with E-state index in [0.717, 1.165) is 59.8 Å². The first kappa shape index (κ1) is 20.4. The second-order valence-electron chi connectivity index (χ2n) is 8.42. The molecule has 2 atom stereocenters. The summed E-state index contributed by atoms with van der Waals surface area (Å²) in [5, 5.41) is 15.9. The summed E-state index contributed by atoms with van der Waals surface area (Å²) in [6, 6.07) is 10.0. The monoisotopic (exact) mass is 435 g/mol. The molecule has 1 aliphatic heterocycles. The van der Waals surface area contributed by atoms with Crippen LogP contribution in [0.2, 0.25) is 5.02 Å². The molecule has 1 saturated heterocycles. The van der Waals surface area contributed by atoms with Crippen molar-refractivity contribution in [1.82, 2.24) is 24.8 Å². The average Bonchev–Trinajstić information content (AvgIpc) is 3.15. The molecule has 1 fully saturated rings. The van der Waals surface area contributed by atoms with Crippen molar-refractivity contribution in [2.75, 3.05) is 26.2 Å². The summed E-state index contributed by atoms with van der Waals surface area (Å²) in [5.74, 6) is 0. The Labute approximate surface area is 187 Å². The van der Waals surface area contributed by atoms with Gasteiger partial charge in [-0.05, 0) is 47.9 Å². The molecule has 1 aliphatic carbocycles. The van der Waals surface area contributed by atoms with E-state index in [4.69, 9.17) is 16.6 Å². The van der Waals surface area contributed by atoms with Crippen molar-refractivity contribution in [3.63, 3.8) is 0 Å². The molecule has 31 heavy (non-hydrogen) atoms. The molecule has 3 aromatic rings. The van der Waals surface area contributed by atoms with Gasteiger partial charge in [0.2, 0.25) is 0 Å². The molecular weight excluding hydrogens is 410 g/mol. The summed E-state index contributed by atoms with van der Waals surface area (Å²) < 4.78 is 1.86. The lowest BCUT2D eigenvalue weighted by Crippen LogP contribution is -2.45. The van der Waals surface area contributed by atoms with Crippen LogP contribution in [0.3, 0.4) is 0 Å². The van der Waals surface area contributed by atoms with Gasteiger partial charge in [-0.25, -0.2) is 4.98 Å². The number of fused-ring (bicyclic) bond motifs is 2. The average molecular weight is 436 g/mol. The first-order valence-corrected chi connectivity index (χ1v) is 11.0. The number of halogens is 1. The van der Waals surface area contributed by atoms with Crippen molar-refractivity contribution in [2.45, 2.75) is 18.6 Å². The van der Waals surface area contributed by atoms with E-state index in [1.54, 1.807) is 12.5 Å². The van der Waals surface area contributed by atoms with Crippen LogP contribution >= 0.6 is 11.6 Å². The molecular formula is C24H26ClN5O. The van der Waals surface area contributed by atoms with E-state index < -0.39 is 5.60 Å². The maximum atomic E-state index is 11.8. The van der Waals surface area contributed by atoms with Crippen LogP contribution < -0.4 is 5.32 Å². The van der Waals surface area contributed by atoms with Crippen LogP contribution in [0.25, 0.3) is 11.6 Å². The van der Waals surface area contributed by atoms with E-state index in [1.807, 2.05) is 42.9 Å². The molecule has 7 heteroatoms. The number of hydrogen-bond acceptors (Lipinski definition) is 5. The predicted molar refractivity (Wildman–Crippen MR) is 123 cm³/mol. The summed E-state index contributed by atoms with van der Waals surface area (Å²) in [6.07, 6.45) is 7.33. The first-order chi connectivity index (χ1) is 15.0. The maximum Gasteiger partial charge on any atom is 0.129 e. The molecule has 0 spiro atoms. The molecule has 2 N–H and O–H groups in total. The van der Waals surface area contributed by atoms with Gasteiger partial charge in [-0.3, -0.25) is 9.88 Å². The SMILES string of the molecule is Cn1cncc1C(C)(O)C1=Cc2cc(Cl)ccc2[C@@H](N2CCNCC2)c2ncccc21. The Balaban J connectivity index is 1.77. The van der Waals surface area contributed by atoms with Crippen molar-refractivity contribution >= 4 is 23.3 Å². The van der Waals surface area contributed by atoms with Crippen molar-refractivity contribution < 1.29 is 5.11 Å². The van der Waals surface area contributed by atoms with Gasteiger partial charge in [0.25, 0.3) is 0 Å². The predicted octanol–water partition coefficient (Wildman–Crippen LogP) is 3.22. The van der Waals surface area contributed by atoms with E-state index in [-0.39, 0.29) is 6.04 Å². The highest BCUT2D eigenvalue weighted by Crippen LogP contribution is 2.45. The molecule has 2 aliphatic rings. The third-order valence-electron chi connectivity index (χ3n) is 6.39. The molecule has 1 unspecified atom stereocenters. The highest BCUT2D eigenvalue weighted by Gasteiger charge is 2.38. The molecule has 5 rings (SSSR count). The third kappa shape index (κ3) is 3.49. The fourth-order valence-corrected chi connectivity index (χ4v) is 5.02. The van der Waals surface area contributed by atoms with E-state index in [2.05, 4.69) is 33.4 Å². The van der Waals surface area contributed by atoms with Gasteiger partial charge in [0.1, 0.15) is 5.60 Å². The molecule has 0 amide bonds. The molecule has 3 heterocycles.